The van der Waals surface area contributed by atoms with Gasteiger partial charge < -0.3 is 4.90 Å². The first-order valence-corrected chi connectivity index (χ1v) is 8.03. The molecular weight excluding hydrogens is 298 g/mol. The van der Waals surface area contributed by atoms with E-state index >= 15 is 0 Å². The number of aromatic nitrogens is 1. The van der Waals surface area contributed by atoms with E-state index in [9.17, 15) is 18.5 Å². The van der Waals surface area contributed by atoms with E-state index in [-0.39, 0.29) is 18.2 Å². The van der Waals surface area contributed by atoms with Crippen molar-refractivity contribution >= 4 is 21.7 Å². The van der Waals surface area contributed by atoms with Gasteiger partial charge in [0.05, 0.1) is 4.92 Å². The second kappa shape index (κ2) is 6.33. The predicted octanol–water partition coefficient (Wildman–Crippen LogP) is -0.000700. The smallest absolute Gasteiger partial charge is 0.311 e. The Balaban J connectivity index is 2.09. The largest absolute Gasteiger partial charge is 0.351 e. The molecule has 9 nitrogen and oxygen atoms in total. The lowest BCUT2D eigenvalue weighted by atomic mass is 9.98. The Labute approximate surface area is 122 Å². The summed E-state index contributed by atoms with van der Waals surface area (Å²) in [7, 11) is -3.72. The van der Waals surface area contributed by atoms with Crippen LogP contribution in [0.25, 0.3) is 0 Å². The zero-order valence-electron chi connectivity index (χ0n) is 11.3. The van der Waals surface area contributed by atoms with Crippen LogP contribution in [-0.2, 0) is 10.2 Å². The Morgan fingerprint density at radius 3 is 3.00 bits per heavy atom. The Hall–Kier alpha value is -1.78. The maximum Gasteiger partial charge on any atom is 0.311 e. The first-order chi connectivity index (χ1) is 9.87. The van der Waals surface area contributed by atoms with Crippen molar-refractivity contribution in [1.82, 2.24) is 9.71 Å². The number of nitro groups is 1. The third-order valence-corrected chi connectivity index (χ3v) is 3.92. The van der Waals surface area contributed by atoms with Gasteiger partial charge in [-0.1, -0.05) is 0 Å². The van der Waals surface area contributed by atoms with Crippen LogP contribution >= 0.6 is 0 Å². The van der Waals surface area contributed by atoms with E-state index in [2.05, 4.69) is 9.71 Å². The molecule has 2 rings (SSSR count). The first-order valence-electron chi connectivity index (χ1n) is 6.48. The standard InChI is InChI=1S/C11H17N5O4S/c12-21(19,20)14-7-9-3-2-6-15(8-9)11-10(16(17)18)4-1-5-13-11/h1,4-5,9,14H,2-3,6-8H2,(H2,12,19,20). The molecule has 0 radical (unpaired) electrons. The highest BCUT2D eigenvalue weighted by atomic mass is 32.2. The van der Waals surface area contributed by atoms with Crippen molar-refractivity contribution < 1.29 is 13.3 Å². The van der Waals surface area contributed by atoms with Crippen molar-refractivity contribution in [1.29, 1.82) is 0 Å². The third-order valence-electron chi connectivity index (χ3n) is 3.35. The molecule has 0 saturated carbocycles. The molecule has 0 bridgehead atoms. The number of hydrogen-bond donors (Lipinski definition) is 2. The van der Waals surface area contributed by atoms with Gasteiger partial charge in [0.25, 0.3) is 10.2 Å². The van der Waals surface area contributed by atoms with Crippen molar-refractivity contribution in [3.05, 3.63) is 28.4 Å². The molecule has 0 amide bonds. The molecule has 1 fully saturated rings. The van der Waals surface area contributed by atoms with Crippen LogP contribution in [0.15, 0.2) is 18.3 Å². The number of hydrogen-bond acceptors (Lipinski definition) is 6. The normalized spacial score (nSPS) is 19.5. The quantitative estimate of drug-likeness (QED) is 0.580. The fourth-order valence-corrected chi connectivity index (χ4v) is 2.90. The Bertz CT molecular complexity index is 621. The van der Waals surface area contributed by atoms with E-state index in [0.29, 0.717) is 18.9 Å². The van der Waals surface area contributed by atoms with Crippen molar-refractivity contribution in [2.75, 3.05) is 24.5 Å². The Morgan fingerprint density at radius 1 is 1.57 bits per heavy atom. The molecule has 1 aromatic rings. The lowest BCUT2D eigenvalue weighted by Crippen LogP contribution is -2.42. The van der Waals surface area contributed by atoms with Crippen LogP contribution in [-0.4, -0.2) is 38.0 Å². The topological polar surface area (TPSA) is 131 Å². The van der Waals surface area contributed by atoms with Crippen LogP contribution in [0.1, 0.15) is 12.8 Å². The average molecular weight is 315 g/mol. The third kappa shape index (κ3) is 4.34. The van der Waals surface area contributed by atoms with Gasteiger partial charge in [-0.2, -0.15) is 8.42 Å². The average Bonchev–Trinajstić information content (AvgIpc) is 2.45. The number of pyridine rings is 1. The Morgan fingerprint density at radius 2 is 2.33 bits per heavy atom. The summed E-state index contributed by atoms with van der Waals surface area (Å²) in [5.41, 5.74) is -0.0439. The van der Waals surface area contributed by atoms with Gasteiger partial charge in [-0.05, 0) is 24.8 Å². The van der Waals surface area contributed by atoms with Gasteiger partial charge in [0, 0.05) is 31.9 Å². The zero-order valence-corrected chi connectivity index (χ0v) is 12.1. The monoisotopic (exact) mass is 315 g/mol. The molecule has 10 heteroatoms. The summed E-state index contributed by atoms with van der Waals surface area (Å²) >= 11 is 0. The maximum atomic E-state index is 11.0. The number of piperidine rings is 1. The highest BCUT2D eigenvalue weighted by Crippen LogP contribution is 2.28. The first kappa shape index (κ1) is 15.6. The molecule has 1 aliphatic rings. The molecule has 0 spiro atoms. The van der Waals surface area contributed by atoms with Gasteiger partial charge in [-0.3, -0.25) is 10.1 Å². The van der Waals surface area contributed by atoms with Gasteiger partial charge in [0.2, 0.25) is 5.82 Å². The van der Waals surface area contributed by atoms with Crippen molar-refractivity contribution in [2.24, 2.45) is 11.1 Å². The fourth-order valence-electron chi connectivity index (χ4n) is 2.43. The minimum absolute atomic E-state index is 0.0404. The molecule has 1 aliphatic heterocycles. The SMILES string of the molecule is NS(=O)(=O)NCC1CCCN(c2ncccc2[N+](=O)[O-])C1. The van der Waals surface area contributed by atoms with Crippen LogP contribution in [0.5, 0.6) is 0 Å². The molecule has 1 unspecified atom stereocenters. The van der Waals surface area contributed by atoms with Crippen LogP contribution < -0.4 is 14.8 Å². The number of nitrogens with zero attached hydrogens (tertiary/aromatic N) is 3. The molecule has 1 atom stereocenters. The van der Waals surface area contributed by atoms with Gasteiger partial charge in [0.1, 0.15) is 0 Å². The van der Waals surface area contributed by atoms with Gasteiger partial charge in [-0.15, -0.1) is 0 Å². The number of rotatable bonds is 5. The maximum absolute atomic E-state index is 11.0. The molecule has 2 heterocycles. The predicted molar refractivity (Wildman–Crippen MR) is 76.9 cm³/mol. The second-order valence-electron chi connectivity index (χ2n) is 4.95. The summed E-state index contributed by atoms with van der Waals surface area (Å²) in [5.74, 6) is 0.362. The molecular formula is C11H17N5O4S. The molecule has 21 heavy (non-hydrogen) atoms. The van der Waals surface area contributed by atoms with Crippen molar-refractivity contribution in [3.8, 4) is 0 Å². The van der Waals surface area contributed by atoms with E-state index in [4.69, 9.17) is 5.14 Å². The molecule has 116 valence electrons. The second-order valence-corrected chi connectivity index (χ2v) is 6.33. The summed E-state index contributed by atoms with van der Waals surface area (Å²) in [6, 6.07) is 2.93. The van der Waals surface area contributed by atoms with E-state index < -0.39 is 15.1 Å². The van der Waals surface area contributed by atoms with E-state index in [1.165, 1.54) is 18.3 Å². The van der Waals surface area contributed by atoms with Gasteiger partial charge in [0.15, 0.2) is 0 Å². The molecule has 3 N–H and O–H groups in total. The lowest BCUT2D eigenvalue weighted by molar-refractivity contribution is -0.384. The number of nitrogens with two attached hydrogens (primary N) is 1. The van der Waals surface area contributed by atoms with E-state index in [0.717, 1.165) is 12.8 Å². The van der Waals surface area contributed by atoms with Gasteiger partial charge >= 0.3 is 5.69 Å². The summed E-state index contributed by atoms with van der Waals surface area (Å²) in [6.45, 7) is 1.38. The highest BCUT2D eigenvalue weighted by molar-refractivity contribution is 7.87. The summed E-state index contributed by atoms with van der Waals surface area (Å²) < 4.78 is 24.1. The lowest BCUT2D eigenvalue weighted by Gasteiger charge is -2.33. The molecule has 0 aromatic carbocycles. The van der Waals surface area contributed by atoms with Gasteiger partial charge in [-0.25, -0.2) is 14.8 Å². The molecule has 0 aliphatic carbocycles. The molecule has 1 aromatic heterocycles. The summed E-state index contributed by atoms with van der Waals surface area (Å²) in [5, 5.41) is 15.9. The van der Waals surface area contributed by atoms with Crippen LogP contribution in [0.2, 0.25) is 0 Å². The highest BCUT2D eigenvalue weighted by Gasteiger charge is 2.26. The Kier molecular flexibility index (Phi) is 4.70. The van der Waals surface area contributed by atoms with Crippen molar-refractivity contribution in [3.63, 3.8) is 0 Å². The summed E-state index contributed by atoms with van der Waals surface area (Å²) in [4.78, 5) is 16.5. The van der Waals surface area contributed by atoms with Crippen molar-refractivity contribution in [2.45, 2.75) is 12.8 Å². The fraction of sp³-hybridized carbons (Fsp3) is 0.545. The molecule has 1 saturated heterocycles. The number of nitrogens with one attached hydrogen (secondary N) is 1. The zero-order chi connectivity index (χ0) is 15.5. The van der Waals surface area contributed by atoms with E-state index in [1.807, 2.05) is 4.90 Å². The number of anilines is 1. The van der Waals surface area contributed by atoms with E-state index in [1.54, 1.807) is 0 Å². The van der Waals surface area contributed by atoms with Crippen LogP contribution in [0.3, 0.4) is 0 Å². The minimum atomic E-state index is -3.72. The van der Waals surface area contributed by atoms with Crippen LogP contribution in [0, 0.1) is 16.0 Å². The minimum Gasteiger partial charge on any atom is -0.351 e. The summed E-state index contributed by atoms with van der Waals surface area (Å²) in [6.07, 6.45) is 3.15. The van der Waals surface area contributed by atoms with Crippen LogP contribution in [0.4, 0.5) is 11.5 Å².